The van der Waals surface area contributed by atoms with E-state index in [1.807, 2.05) is 0 Å². The van der Waals surface area contributed by atoms with Crippen molar-refractivity contribution in [2.24, 2.45) is 0 Å². The number of rotatable bonds is 4. The van der Waals surface area contributed by atoms with Gasteiger partial charge in [0, 0.05) is 31.7 Å². The third kappa shape index (κ3) is 4.17. The zero-order valence-corrected chi connectivity index (χ0v) is 14.5. The number of ether oxygens (including phenoxy) is 1. The molecule has 8 nitrogen and oxygen atoms in total. The second kappa shape index (κ2) is 7.52. The molecule has 0 aliphatic rings. The van der Waals surface area contributed by atoms with Gasteiger partial charge in [0.25, 0.3) is 5.91 Å². The van der Waals surface area contributed by atoms with Gasteiger partial charge in [0.15, 0.2) is 0 Å². The lowest BCUT2D eigenvalue weighted by atomic mass is 10.1. The molecule has 0 fully saturated rings. The van der Waals surface area contributed by atoms with Gasteiger partial charge >= 0.3 is 12.0 Å². The summed E-state index contributed by atoms with van der Waals surface area (Å²) >= 11 is 0. The number of benzene rings is 1. The molecular weight excluding hydrogens is 324 g/mol. The summed E-state index contributed by atoms with van der Waals surface area (Å²) in [7, 11) is 4.54. The summed E-state index contributed by atoms with van der Waals surface area (Å²) in [5, 5.41) is 5.52. The fraction of sp³-hybridized carbons (Fsp3) is 0.235. The summed E-state index contributed by atoms with van der Waals surface area (Å²) in [5.74, 6) is -0.936. The highest BCUT2D eigenvalue weighted by molar-refractivity contribution is 6.06. The second-order valence-corrected chi connectivity index (χ2v) is 5.55. The van der Waals surface area contributed by atoms with Gasteiger partial charge in [-0.1, -0.05) is 6.07 Å². The second-order valence-electron chi connectivity index (χ2n) is 5.55. The summed E-state index contributed by atoms with van der Waals surface area (Å²) in [6.45, 7) is 1.79. The van der Waals surface area contributed by atoms with Crippen molar-refractivity contribution in [1.82, 2.24) is 9.88 Å². The van der Waals surface area contributed by atoms with E-state index in [1.165, 1.54) is 24.3 Å². The number of urea groups is 1. The number of hydrogen-bond acceptors (Lipinski definition) is 4. The summed E-state index contributed by atoms with van der Waals surface area (Å²) in [6, 6.07) is 6.35. The van der Waals surface area contributed by atoms with Crippen molar-refractivity contribution >= 4 is 29.3 Å². The van der Waals surface area contributed by atoms with Crippen LogP contribution in [0.25, 0.3) is 0 Å². The molecule has 0 unspecified atom stereocenters. The van der Waals surface area contributed by atoms with Crippen molar-refractivity contribution in [3.05, 3.63) is 47.3 Å². The molecule has 0 radical (unpaired) electrons. The van der Waals surface area contributed by atoms with Gasteiger partial charge in [-0.05, 0) is 30.7 Å². The number of esters is 1. The van der Waals surface area contributed by atoms with E-state index in [1.54, 1.807) is 39.2 Å². The largest absolute Gasteiger partial charge is 0.464 e. The summed E-state index contributed by atoms with van der Waals surface area (Å²) in [6.07, 6.45) is 1.43. The molecule has 2 rings (SSSR count). The molecule has 0 aliphatic carbocycles. The van der Waals surface area contributed by atoms with Gasteiger partial charge in [-0.15, -0.1) is 0 Å². The standard InChI is InChI=1S/C17H20N4O4/c1-10-12(6-5-7-13(10)20-17(24)21(2)3)19-15(22)11-8-14(18-9-11)16(23)25-4/h5-9,18H,1-4H3,(H,19,22)(H,20,24). The molecule has 0 aliphatic heterocycles. The Balaban J connectivity index is 2.17. The van der Waals surface area contributed by atoms with E-state index in [-0.39, 0.29) is 17.6 Å². The monoisotopic (exact) mass is 344 g/mol. The van der Waals surface area contributed by atoms with Crippen LogP contribution in [0.5, 0.6) is 0 Å². The zero-order valence-electron chi connectivity index (χ0n) is 14.5. The summed E-state index contributed by atoms with van der Waals surface area (Å²) in [5.41, 5.74) is 2.36. The Morgan fingerprint density at radius 1 is 1.12 bits per heavy atom. The molecule has 3 amide bonds. The Morgan fingerprint density at radius 2 is 1.76 bits per heavy atom. The Bertz CT molecular complexity index is 811. The van der Waals surface area contributed by atoms with E-state index in [0.29, 0.717) is 16.9 Å². The maximum Gasteiger partial charge on any atom is 0.354 e. The van der Waals surface area contributed by atoms with Crippen molar-refractivity contribution < 1.29 is 19.1 Å². The Morgan fingerprint density at radius 3 is 2.36 bits per heavy atom. The van der Waals surface area contributed by atoms with Gasteiger partial charge < -0.3 is 25.3 Å². The minimum Gasteiger partial charge on any atom is -0.464 e. The molecule has 1 aromatic heterocycles. The van der Waals surface area contributed by atoms with Crippen LogP contribution < -0.4 is 10.6 Å². The minimum absolute atomic E-state index is 0.191. The number of methoxy groups -OCH3 is 1. The summed E-state index contributed by atoms with van der Waals surface area (Å²) < 4.78 is 4.59. The van der Waals surface area contributed by atoms with E-state index < -0.39 is 5.97 Å². The van der Waals surface area contributed by atoms with Crippen LogP contribution in [0, 0.1) is 6.92 Å². The first kappa shape index (κ1) is 18.1. The van der Waals surface area contributed by atoms with Gasteiger partial charge in [-0.3, -0.25) is 4.79 Å². The van der Waals surface area contributed by atoms with Crippen molar-refractivity contribution in [2.45, 2.75) is 6.92 Å². The lowest BCUT2D eigenvalue weighted by Gasteiger charge is -2.16. The Kier molecular flexibility index (Phi) is 5.43. The van der Waals surface area contributed by atoms with E-state index in [0.717, 1.165) is 5.56 Å². The van der Waals surface area contributed by atoms with E-state index in [4.69, 9.17) is 0 Å². The smallest absolute Gasteiger partial charge is 0.354 e. The number of anilines is 2. The van der Waals surface area contributed by atoms with Crippen molar-refractivity contribution in [3.8, 4) is 0 Å². The van der Waals surface area contributed by atoms with Crippen LogP contribution in [0.1, 0.15) is 26.4 Å². The lowest BCUT2D eigenvalue weighted by Crippen LogP contribution is -2.27. The number of aromatic amines is 1. The quantitative estimate of drug-likeness (QED) is 0.741. The number of carbonyl (C=O) groups is 3. The van der Waals surface area contributed by atoms with Crippen LogP contribution in [0.2, 0.25) is 0 Å². The minimum atomic E-state index is -0.552. The van der Waals surface area contributed by atoms with Gasteiger partial charge in [0.2, 0.25) is 0 Å². The number of hydrogen-bond donors (Lipinski definition) is 3. The molecule has 0 saturated carbocycles. The molecule has 0 atom stereocenters. The normalized spacial score (nSPS) is 10.1. The highest BCUT2D eigenvalue weighted by atomic mass is 16.5. The van der Waals surface area contributed by atoms with E-state index >= 15 is 0 Å². The molecule has 2 aromatic rings. The molecule has 25 heavy (non-hydrogen) atoms. The predicted molar refractivity (Wildman–Crippen MR) is 94.0 cm³/mol. The fourth-order valence-electron chi connectivity index (χ4n) is 2.08. The SMILES string of the molecule is COC(=O)c1cc(C(=O)Nc2cccc(NC(=O)N(C)C)c2C)c[nH]1. The van der Waals surface area contributed by atoms with Crippen molar-refractivity contribution in [1.29, 1.82) is 0 Å². The Hall–Kier alpha value is -3.29. The van der Waals surface area contributed by atoms with E-state index in [2.05, 4.69) is 20.4 Å². The maximum atomic E-state index is 12.4. The molecule has 0 saturated heterocycles. The van der Waals surface area contributed by atoms with Crippen molar-refractivity contribution in [3.63, 3.8) is 0 Å². The average molecular weight is 344 g/mol. The highest BCUT2D eigenvalue weighted by Crippen LogP contribution is 2.24. The van der Waals surface area contributed by atoms with E-state index in [9.17, 15) is 14.4 Å². The zero-order chi connectivity index (χ0) is 18.6. The van der Waals surface area contributed by atoms with Gasteiger partial charge in [0.1, 0.15) is 5.69 Å². The van der Waals surface area contributed by atoms with Gasteiger partial charge in [0.05, 0.1) is 12.7 Å². The third-order valence-corrected chi connectivity index (χ3v) is 3.58. The number of nitrogens with zero attached hydrogens (tertiary/aromatic N) is 1. The first-order valence-corrected chi connectivity index (χ1v) is 7.49. The van der Waals surface area contributed by atoms with Crippen LogP contribution in [-0.4, -0.2) is 49.0 Å². The summed E-state index contributed by atoms with van der Waals surface area (Å²) in [4.78, 5) is 39.7. The first-order chi connectivity index (χ1) is 11.8. The highest BCUT2D eigenvalue weighted by Gasteiger charge is 2.15. The molecular formula is C17H20N4O4. The predicted octanol–water partition coefficient (Wildman–Crippen LogP) is 2.46. The van der Waals surface area contributed by atoms with Gasteiger partial charge in [-0.2, -0.15) is 0 Å². The first-order valence-electron chi connectivity index (χ1n) is 7.49. The fourth-order valence-corrected chi connectivity index (χ4v) is 2.08. The van der Waals surface area contributed by atoms with Crippen LogP contribution in [0.3, 0.4) is 0 Å². The molecule has 0 spiro atoms. The maximum absolute atomic E-state index is 12.4. The number of carbonyl (C=O) groups excluding carboxylic acids is 3. The lowest BCUT2D eigenvalue weighted by molar-refractivity contribution is 0.0595. The average Bonchev–Trinajstić information content (AvgIpc) is 3.07. The van der Waals surface area contributed by atoms with Crippen LogP contribution in [0.4, 0.5) is 16.2 Å². The third-order valence-electron chi connectivity index (χ3n) is 3.58. The van der Waals surface area contributed by atoms with Crippen molar-refractivity contribution in [2.75, 3.05) is 31.8 Å². The molecule has 132 valence electrons. The molecule has 1 aromatic carbocycles. The van der Waals surface area contributed by atoms with Crippen LogP contribution >= 0.6 is 0 Å². The number of H-pyrrole nitrogens is 1. The Labute approximate surface area is 145 Å². The van der Waals surface area contributed by atoms with Crippen LogP contribution in [-0.2, 0) is 4.74 Å². The molecule has 0 bridgehead atoms. The number of amides is 3. The molecule has 8 heteroatoms. The van der Waals surface area contributed by atoms with Gasteiger partial charge in [-0.25, -0.2) is 9.59 Å². The molecule has 1 heterocycles. The number of aromatic nitrogens is 1. The molecule has 3 N–H and O–H groups in total. The topological polar surface area (TPSA) is 104 Å². The number of nitrogens with one attached hydrogen (secondary N) is 3. The van der Waals surface area contributed by atoms with Crippen LogP contribution in [0.15, 0.2) is 30.5 Å².